The summed E-state index contributed by atoms with van der Waals surface area (Å²) in [6, 6.07) is 6.75. The molecule has 0 radical (unpaired) electrons. The monoisotopic (exact) mass is 458 g/mol. The summed E-state index contributed by atoms with van der Waals surface area (Å²) >= 11 is 0. The average molecular weight is 459 g/mol. The molecule has 0 spiro atoms. The lowest BCUT2D eigenvalue weighted by Gasteiger charge is -2.28. The number of benzene rings is 2. The van der Waals surface area contributed by atoms with Crippen LogP contribution in [0.25, 0.3) is 0 Å². The second kappa shape index (κ2) is 10.5. The van der Waals surface area contributed by atoms with Gasteiger partial charge in [0, 0.05) is 32.2 Å². The zero-order chi connectivity index (χ0) is 23.4. The maximum atomic E-state index is 14.3. The normalized spacial score (nSPS) is 16.2. The van der Waals surface area contributed by atoms with Crippen LogP contribution in [0, 0.1) is 17.6 Å². The molecule has 2 aliphatic rings. The summed E-state index contributed by atoms with van der Waals surface area (Å²) < 4.78 is 33.4. The van der Waals surface area contributed by atoms with E-state index < -0.39 is 11.6 Å². The summed E-state index contributed by atoms with van der Waals surface area (Å²) in [5.74, 6) is -1.03. The number of fused-ring (bicyclic) bond motifs is 1. The van der Waals surface area contributed by atoms with E-state index in [4.69, 9.17) is 4.74 Å². The fourth-order valence-corrected chi connectivity index (χ4v) is 4.49. The number of nitrogens with zero attached hydrogens (tertiary/aromatic N) is 2. The van der Waals surface area contributed by atoms with Crippen LogP contribution in [0.3, 0.4) is 0 Å². The van der Waals surface area contributed by atoms with Crippen molar-refractivity contribution in [1.29, 1.82) is 0 Å². The van der Waals surface area contributed by atoms with Crippen molar-refractivity contribution in [1.82, 2.24) is 15.6 Å². The minimum Gasteiger partial charge on any atom is -0.453 e. The molecule has 33 heavy (non-hydrogen) atoms. The molecule has 1 amide bonds. The maximum Gasteiger partial charge on any atom is 0.255 e. The third-order valence-electron chi connectivity index (χ3n) is 6.30. The van der Waals surface area contributed by atoms with Crippen LogP contribution in [0.4, 0.5) is 14.5 Å². The first-order chi connectivity index (χ1) is 15.9. The Morgan fingerprint density at radius 3 is 2.67 bits per heavy atom. The Bertz CT molecular complexity index is 993. The third-order valence-corrected chi connectivity index (χ3v) is 6.30. The molecule has 0 bridgehead atoms. The van der Waals surface area contributed by atoms with Crippen molar-refractivity contribution in [3.63, 3.8) is 0 Å². The molecule has 178 valence electrons. The summed E-state index contributed by atoms with van der Waals surface area (Å²) in [7, 11) is 3.87. The molecule has 1 aliphatic carbocycles. The van der Waals surface area contributed by atoms with Crippen LogP contribution in [-0.4, -0.2) is 44.5 Å². The largest absolute Gasteiger partial charge is 0.453 e. The molecule has 0 saturated heterocycles. The van der Waals surface area contributed by atoms with Crippen molar-refractivity contribution < 1.29 is 18.3 Å². The van der Waals surface area contributed by atoms with Gasteiger partial charge >= 0.3 is 0 Å². The maximum absolute atomic E-state index is 14.3. The first kappa shape index (κ1) is 23.4. The van der Waals surface area contributed by atoms with Gasteiger partial charge < -0.3 is 20.0 Å². The van der Waals surface area contributed by atoms with Crippen LogP contribution in [0.5, 0.6) is 11.5 Å². The van der Waals surface area contributed by atoms with Crippen molar-refractivity contribution in [2.24, 2.45) is 5.92 Å². The highest BCUT2D eigenvalue weighted by atomic mass is 19.1. The molecule has 1 heterocycles. The van der Waals surface area contributed by atoms with E-state index >= 15 is 0 Å². The summed E-state index contributed by atoms with van der Waals surface area (Å²) in [6.45, 7) is 2.65. The molecule has 0 aromatic heterocycles. The van der Waals surface area contributed by atoms with Gasteiger partial charge in [0.15, 0.2) is 11.6 Å². The van der Waals surface area contributed by atoms with Gasteiger partial charge in [-0.2, -0.15) is 0 Å². The summed E-state index contributed by atoms with van der Waals surface area (Å²) in [6.07, 6.45) is 6.27. The minimum atomic E-state index is -0.813. The van der Waals surface area contributed by atoms with Gasteiger partial charge in [0.05, 0.1) is 11.3 Å². The van der Waals surface area contributed by atoms with Crippen molar-refractivity contribution in [2.45, 2.75) is 38.6 Å². The predicted molar refractivity (Wildman–Crippen MR) is 125 cm³/mol. The van der Waals surface area contributed by atoms with Gasteiger partial charge in [-0.05, 0) is 62.7 Å². The van der Waals surface area contributed by atoms with E-state index in [9.17, 15) is 13.6 Å². The van der Waals surface area contributed by atoms with E-state index in [0.29, 0.717) is 31.1 Å². The first-order valence-electron chi connectivity index (χ1n) is 11.6. The van der Waals surface area contributed by atoms with Crippen molar-refractivity contribution in [3.05, 3.63) is 53.1 Å². The molecule has 0 atom stereocenters. The second-order valence-corrected chi connectivity index (χ2v) is 9.16. The number of hydrogen-bond donors (Lipinski definition) is 2. The van der Waals surface area contributed by atoms with Gasteiger partial charge in [0.2, 0.25) is 0 Å². The lowest BCUT2D eigenvalue weighted by molar-refractivity contribution is 0.0948. The number of hydrazine groups is 1. The summed E-state index contributed by atoms with van der Waals surface area (Å²) in [5.41, 5.74) is 5.68. The molecule has 4 rings (SSSR count). The molecule has 1 fully saturated rings. The number of amides is 1. The Labute approximate surface area is 193 Å². The van der Waals surface area contributed by atoms with E-state index in [1.807, 2.05) is 25.1 Å². The number of carbonyl (C=O) groups excluding carboxylic acids is 1. The van der Waals surface area contributed by atoms with Crippen LogP contribution in [-0.2, 0) is 6.54 Å². The quantitative estimate of drug-likeness (QED) is 0.612. The molecular formula is C25H32F2N4O2. The number of rotatable bonds is 8. The van der Waals surface area contributed by atoms with E-state index in [2.05, 4.69) is 15.8 Å². The highest BCUT2D eigenvalue weighted by Gasteiger charge is 2.27. The molecule has 2 aromatic carbocycles. The van der Waals surface area contributed by atoms with Gasteiger partial charge in [-0.15, -0.1) is 0 Å². The number of likely N-dealkylation sites (N-methyl/N-ethyl adjacent to an activating group) is 1. The van der Waals surface area contributed by atoms with Crippen molar-refractivity contribution in [3.8, 4) is 11.5 Å². The Kier molecular flexibility index (Phi) is 7.45. The number of nitrogens with one attached hydrogen (secondary N) is 2. The van der Waals surface area contributed by atoms with Gasteiger partial charge in [-0.1, -0.05) is 19.3 Å². The Hall–Kier alpha value is -2.71. The average Bonchev–Trinajstić information content (AvgIpc) is 3.17. The molecule has 0 unspecified atom stereocenters. The second-order valence-electron chi connectivity index (χ2n) is 9.16. The SMILES string of the molecule is CN(C)CCNC(=O)c1cc2c(cc1Oc1ccc(F)cc1F)CNN2CC1CCCCC1. The Balaban J connectivity index is 1.61. The van der Waals surface area contributed by atoms with E-state index in [1.165, 1.54) is 38.2 Å². The molecule has 1 aliphatic heterocycles. The molecule has 2 N–H and O–H groups in total. The number of ether oxygens (including phenoxy) is 1. The number of carbonyl (C=O) groups is 1. The van der Waals surface area contributed by atoms with Crippen LogP contribution in [0.1, 0.15) is 48.0 Å². The van der Waals surface area contributed by atoms with E-state index in [1.54, 1.807) is 6.07 Å². The Morgan fingerprint density at radius 2 is 1.94 bits per heavy atom. The summed E-state index contributed by atoms with van der Waals surface area (Å²) in [4.78, 5) is 15.0. The fraction of sp³-hybridized carbons (Fsp3) is 0.480. The van der Waals surface area contributed by atoms with Gasteiger partial charge in [-0.3, -0.25) is 4.79 Å². The number of hydrogen-bond acceptors (Lipinski definition) is 5. The zero-order valence-corrected chi connectivity index (χ0v) is 19.3. The van der Waals surface area contributed by atoms with E-state index in [0.717, 1.165) is 29.9 Å². The highest BCUT2D eigenvalue weighted by molar-refractivity contribution is 5.98. The smallest absolute Gasteiger partial charge is 0.255 e. The molecule has 2 aromatic rings. The topological polar surface area (TPSA) is 56.8 Å². The van der Waals surface area contributed by atoms with E-state index in [-0.39, 0.29) is 17.4 Å². The number of halogens is 2. The summed E-state index contributed by atoms with van der Waals surface area (Å²) in [5, 5.41) is 5.04. The molecular weight excluding hydrogens is 426 g/mol. The van der Waals surface area contributed by atoms with Crippen LogP contribution >= 0.6 is 0 Å². The van der Waals surface area contributed by atoms with Gasteiger partial charge in [0.1, 0.15) is 11.6 Å². The van der Waals surface area contributed by atoms with Crippen molar-refractivity contribution in [2.75, 3.05) is 38.7 Å². The van der Waals surface area contributed by atoms with Gasteiger partial charge in [0.25, 0.3) is 5.91 Å². The molecule has 8 heteroatoms. The standard InChI is InChI=1S/C25H32F2N4O2/c1-30(2)11-10-28-25(32)20-14-22-18(15-29-31(22)16-17-6-4-3-5-7-17)12-24(20)33-23-9-8-19(26)13-21(23)27/h8-9,12-14,17,29H,3-7,10-11,15-16H2,1-2H3,(H,28,32). The minimum absolute atomic E-state index is 0.122. The van der Waals surface area contributed by atoms with Crippen LogP contribution in [0.2, 0.25) is 0 Å². The van der Waals surface area contributed by atoms with Gasteiger partial charge in [-0.25, -0.2) is 14.2 Å². The predicted octanol–water partition coefficient (Wildman–Crippen LogP) is 4.45. The number of anilines is 1. The zero-order valence-electron chi connectivity index (χ0n) is 19.3. The van der Waals surface area contributed by atoms with Crippen LogP contribution in [0.15, 0.2) is 30.3 Å². The fourth-order valence-electron chi connectivity index (χ4n) is 4.49. The Morgan fingerprint density at radius 1 is 1.15 bits per heavy atom. The third kappa shape index (κ3) is 5.81. The molecule has 1 saturated carbocycles. The lowest BCUT2D eigenvalue weighted by Crippen LogP contribution is -2.37. The highest BCUT2D eigenvalue weighted by Crippen LogP contribution is 2.37. The van der Waals surface area contributed by atoms with Crippen molar-refractivity contribution >= 4 is 11.6 Å². The first-order valence-corrected chi connectivity index (χ1v) is 11.6. The lowest BCUT2D eigenvalue weighted by atomic mass is 9.89. The van der Waals surface area contributed by atoms with Crippen LogP contribution < -0.4 is 20.5 Å². The molecule has 6 nitrogen and oxygen atoms in total.